The summed E-state index contributed by atoms with van der Waals surface area (Å²) in [5.74, 6) is 0.504. The Hall–Kier alpha value is -2.05. The Labute approximate surface area is 198 Å². The van der Waals surface area contributed by atoms with Crippen molar-refractivity contribution >= 4 is 39.3 Å². The zero-order valence-corrected chi connectivity index (χ0v) is 20.8. The number of rotatable bonds is 10. The monoisotopic (exact) mass is 508 g/mol. The maximum absolute atomic E-state index is 13.1. The third-order valence-electron chi connectivity index (χ3n) is 4.93. The van der Waals surface area contributed by atoms with Gasteiger partial charge in [-0.25, -0.2) is 0 Å². The minimum absolute atomic E-state index is 0.175. The van der Waals surface area contributed by atoms with Crippen LogP contribution in [0.3, 0.4) is 0 Å². The van der Waals surface area contributed by atoms with Crippen molar-refractivity contribution in [3.8, 4) is 5.75 Å². The van der Waals surface area contributed by atoms with Gasteiger partial charge in [-0.05, 0) is 70.6 Å². The van der Waals surface area contributed by atoms with Crippen molar-refractivity contribution in [3.05, 3.63) is 63.1 Å². The van der Waals surface area contributed by atoms with E-state index >= 15 is 0 Å². The van der Waals surface area contributed by atoms with Crippen molar-refractivity contribution in [1.29, 1.82) is 0 Å². The van der Waals surface area contributed by atoms with Gasteiger partial charge in [0.25, 0.3) is 5.91 Å². The van der Waals surface area contributed by atoms with E-state index in [9.17, 15) is 9.59 Å². The van der Waals surface area contributed by atoms with Crippen molar-refractivity contribution < 1.29 is 14.3 Å². The van der Waals surface area contributed by atoms with Gasteiger partial charge in [0.15, 0.2) is 6.61 Å². The molecular weight excluding hydrogens is 480 g/mol. The van der Waals surface area contributed by atoms with Crippen LogP contribution in [0.4, 0.5) is 0 Å². The third kappa shape index (κ3) is 7.54. The third-order valence-corrected chi connectivity index (χ3v) is 5.79. The molecule has 2 aromatic rings. The van der Waals surface area contributed by atoms with Gasteiger partial charge in [0, 0.05) is 18.1 Å². The van der Waals surface area contributed by atoms with E-state index in [1.807, 2.05) is 37.3 Å². The molecule has 168 valence electrons. The minimum Gasteiger partial charge on any atom is -0.483 e. The Morgan fingerprint density at radius 3 is 2.52 bits per heavy atom. The fourth-order valence-corrected chi connectivity index (χ4v) is 3.75. The van der Waals surface area contributed by atoms with Gasteiger partial charge in [-0.1, -0.05) is 50.6 Å². The van der Waals surface area contributed by atoms with Gasteiger partial charge in [0.2, 0.25) is 5.91 Å². The van der Waals surface area contributed by atoms with E-state index in [4.69, 9.17) is 16.3 Å². The molecule has 0 radical (unpaired) electrons. The van der Waals surface area contributed by atoms with E-state index in [0.29, 0.717) is 23.2 Å². The second-order valence-corrected chi connectivity index (χ2v) is 9.04. The molecule has 2 amide bonds. The Morgan fingerprint density at radius 1 is 1.16 bits per heavy atom. The topological polar surface area (TPSA) is 58.6 Å². The van der Waals surface area contributed by atoms with Crippen LogP contribution in [0.25, 0.3) is 0 Å². The number of hydrogen-bond donors (Lipinski definition) is 1. The molecule has 0 aromatic heterocycles. The molecule has 0 spiro atoms. The summed E-state index contributed by atoms with van der Waals surface area (Å²) in [5.41, 5.74) is 2.02. The fourth-order valence-electron chi connectivity index (χ4n) is 3.03. The average molecular weight is 510 g/mol. The first-order chi connectivity index (χ1) is 14.7. The van der Waals surface area contributed by atoms with Crippen LogP contribution in [0, 0.1) is 0 Å². The van der Waals surface area contributed by atoms with Gasteiger partial charge >= 0.3 is 0 Å². The molecule has 7 heteroatoms. The van der Waals surface area contributed by atoms with Crippen LogP contribution in [-0.4, -0.2) is 35.9 Å². The molecule has 2 rings (SSSR count). The number of halogens is 2. The zero-order valence-electron chi connectivity index (χ0n) is 18.5. The van der Waals surface area contributed by atoms with Crippen LogP contribution in [0.5, 0.6) is 5.75 Å². The Kier molecular flexibility index (Phi) is 9.85. The molecule has 0 aliphatic carbocycles. The summed E-state index contributed by atoms with van der Waals surface area (Å²) in [6.07, 6.45) is 0.824. The minimum atomic E-state index is -0.645. The maximum Gasteiger partial charge on any atom is 0.261 e. The predicted molar refractivity (Wildman–Crippen MR) is 128 cm³/mol. The Balaban J connectivity index is 2.16. The van der Waals surface area contributed by atoms with E-state index in [-0.39, 0.29) is 25.0 Å². The summed E-state index contributed by atoms with van der Waals surface area (Å²) in [5, 5.41) is 3.44. The summed E-state index contributed by atoms with van der Waals surface area (Å²) >= 11 is 9.62. The number of carbonyl (C=O) groups excluding carboxylic acids is 2. The van der Waals surface area contributed by atoms with E-state index < -0.39 is 6.04 Å². The first kappa shape index (κ1) is 25.2. The quantitative estimate of drug-likeness (QED) is 0.457. The van der Waals surface area contributed by atoms with Crippen LogP contribution in [0.15, 0.2) is 46.9 Å². The largest absolute Gasteiger partial charge is 0.483 e. The summed E-state index contributed by atoms with van der Waals surface area (Å²) in [7, 11) is 0. The highest BCUT2D eigenvalue weighted by Gasteiger charge is 2.26. The van der Waals surface area contributed by atoms with Crippen molar-refractivity contribution in [2.45, 2.75) is 52.6 Å². The average Bonchev–Trinajstić information content (AvgIpc) is 2.74. The molecular formula is C24H30BrClN2O3. The second kappa shape index (κ2) is 12.1. The SMILES string of the molecule is CCCNC(=O)[C@H](C)N(Cc1cccc(Cl)c1)C(=O)COc1ccc(C(C)C)cc1Br. The zero-order chi connectivity index (χ0) is 23.0. The molecule has 0 unspecified atom stereocenters. The molecule has 2 aromatic carbocycles. The number of ether oxygens (including phenoxy) is 1. The van der Waals surface area contributed by atoms with Crippen LogP contribution < -0.4 is 10.1 Å². The Morgan fingerprint density at radius 2 is 1.90 bits per heavy atom. The van der Waals surface area contributed by atoms with Gasteiger partial charge < -0.3 is 15.0 Å². The molecule has 0 saturated heterocycles. The van der Waals surface area contributed by atoms with Crippen LogP contribution in [0.1, 0.15) is 51.2 Å². The summed E-state index contributed by atoms with van der Waals surface area (Å²) < 4.78 is 6.58. The van der Waals surface area contributed by atoms with Gasteiger partial charge in [0.05, 0.1) is 4.47 Å². The number of hydrogen-bond acceptors (Lipinski definition) is 3. The summed E-state index contributed by atoms with van der Waals surface area (Å²) in [6, 6.07) is 12.5. The van der Waals surface area contributed by atoms with Crippen LogP contribution in [-0.2, 0) is 16.1 Å². The second-order valence-electron chi connectivity index (χ2n) is 7.75. The normalized spacial score (nSPS) is 11.8. The van der Waals surface area contributed by atoms with Gasteiger partial charge in [-0.3, -0.25) is 9.59 Å². The molecule has 0 heterocycles. The van der Waals surface area contributed by atoms with Crippen molar-refractivity contribution in [2.24, 2.45) is 0 Å². The molecule has 0 saturated carbocycles. The Bertz CT molecular complexity index is 904. The molecule has 0 aliphatic heterocycles. The van der Waals surface area contributed by atoms with Crippen molar-refractivity contribution in [3.63, 3.8) is 0 Å². The van der Waals surface area contributed by atoms with Crippen molar-refractivity contribution in [2.75, 3.05) is 13.2 Å². The van der Waals surface area contributed by atoms with E-state index in [2.05, 4.69) is 35.1 Å². The lowest BCUT2D eigenvalue weighted by Crippen LogP contribution is -2.49. The van der Waals surface area contributed by atoms with E-state index in [1.165, 1.54) is 10.5 Å². The lowest BCUT2D eigenvalue weighted by molar-refractivity contribution is -0.142. The van der Waals surface area contributed by atoms with E-state index in [0.717, 1.165) is 16.5 Å². The van der Waals surface area contributed by atoms with Crippen LogP contribution in [0.2, 0.25) is 5.02 Å². The fraction of sp³-hybridized carbons (Fsp3) is 0.417. The number of nitrogens with one attached hydrogen (secondary N) is 1. The highest BCUT2D eigenvalue weighted by Crippen LogP contribution is 2.29. The first-order valence-electron chi connectivity index (χ1n) is 10.5. The number of nitrogens with zero attached hydrogens (tertiary/aromatic N) is 1. The van der Waals surface area contributed by atoms with E-state index in [1.54, 1.807) is 19.1 Å². The highest BCUT2D eigenvalue weighted by molar-refractivity contribution is 9.10. The summed E-state index contributed by atoms with van der Waals surface area (Å²) in [4.78, 5) is 27.2. The summed E-state index contributed by atoms with van der Waals surface area (Å²) in [6.45, 7) is 8.59. The lowest BCUT2D eigenvalue weighted by Gasteiger charge is -2.29. The molecule has 1 atom stereocenters. The highest BCUT2D eigenvalue weighted by atomic mass is 79.9. The number of amides is 2. The predicted octanol–water partition coefficient (Wildman–Crippen LogP) is 5.55. The smallest absolute Gasteiger partial charge is 0.261 e. The first-order valence-corrected chi connectivity index (χ1v) is 11.6. The van der Waals surface area contributed by atoms with Crippen LogP contribution >= 0.6 is 27.5 Å². The molecule has 0 fully saturated rings. The molecule has 0 aliphatic rings. The maximum atomic E-state index is 13.1. The number of carbonyl (C=O) groups is 2. The number of benzene rings is 2. The van der Waals surface area contributed by atoms with Gasteiger partial charge in [0.1, 0.15) is 11.8 Å². The van der Waals surface area contributed by atoms with Gasteiger partial charge in [-0.15, -0.1) is 0 Å². The van der Waals surface area contributed by atoms with Crippen molar-refractivity contribution in [1.82, 2.24) is 10.2 Å². The molecule has 0 bridgehead atoms. The molecule has 5 nitrogen and oxygen atoms in total. The standard InChI is InChI=1S/C24H30BrClN2O3/c1-5-11-27-24(30)17(4)28(14-18-7-6-8-20(26)12-18)23(29)15-31-22-10-9-19(16(2)3)13-21(22)25/h6-10,12-13,16-17H,5,11,14-15H2,1-4H3,(H,27,30)/t17-/m0/s1. The lowest BCUT2D eigenvalue weighted by atomic mass is 10.0. The molecule has 1 N–H and O–H groups in total. The van der Waals surface area contributed by atoms with Gasteiger partial charge in [-0.2, -0.15) is 0 Å². The molecule has 31 heavy (non-hydrogen) atoms.